The number of aliphatic carboxylic acids is 2. The van der Waals surface area contributed by atoms with E-state index in [1.807, 2.05) is 111 Å². The molecule has 2 aromatic heterocycles. The van der Waals surface area contributed by atoms with Crippen LogP contribution in [0.4, 0.5) is 0 Å². The smallest absolute Gasteiger partial charge is 0.308 e. The molecule has 2 heterocycles. The molecule has 252 valence electrons. The molecule has 0 bridgehead atoms. The zero-order valence-corrected chi connectivity index (χ0v) is 27.5. The lowest BCUT2D eigenvalue weighted by atomic mass is 9.55. The predicted molar refractivity (Wildman–Crippen MR) is 181 cm³/mol. The lowest BCUT2D eigenvalue weighted by Crippen LogP contribution is -2.64. The van der Waals surface area contributed by atoms with Gasteiger partial charge in [-0.05, 0) is 59.4 Å². The summed E-state index contributed by atoms with van der Waals surface area (Å²) in [4.78, 5) is 56.5. The van der Waals surface area contributed by atoms with Gasteiger partial charge in [0, 0.05) is 64.1 Å². The van der Waals surface area contributed by atoms with Gasteiger partial charge in [-0.1, -0.05) is 62.4 Å². The van der Waals surface area contributed by atoms with Crippen molar-refractivity contribution in [1.82, 2.24) is 18.9 Å². The third-order valence-corrected chi connectivity index (χ3v) is 9.15. The number of carbonyl (C=O) groups is 4. The van der Waals surface area contributed by atoms with Crippen molar-refractivity contribution in [3.8, 4) is 0 Å². The Morgan fingerprint density at radius 1 is 0.542 bits per heavy atom. The Kier molecular flexibility index (Phi) is 11.2. The number of carboxylic acid groups (broad SMARTS) is 2. The zero-order valence-electron chi connectivity index (χ0n) is 27.5. The first-order valence-electron chi connectivity index (χ1n) is 16.6. The van der Waals surface area contributed by atoms with Crippen LogP contribution in [0.15, 0.2) is 97.6 Å². The molecule has 1 aliphatic rings. The van der Waals surface area contributed by atoms with E-state index in [9.17, 15) is 29.4 Å². The number of benzene rings is 2. The second kappa shape index (κ2) is 15.6. The maximum Gasteiger partial charge on any atom is 0.308 e. The summed E-state index contributed by atoms with van der Waals surface area (Å²) in [5.74, 6) is -9.30. The van der Waals surface area contributed by atoms with Crippen molar-refractivity contribution >= 4 is 23.8 Å². The maximum atomic E-state index is 14.2. The minimum Gasteiger partial charge on any atom is -0.481 e. The van der Waals surface area contributed by atoms with Crippen LogP contribution in [0.2, 0.25) is 0 Å². The van der Waals surface area contributed by atoms with Gasteiger partial charge < -0.3 is 29.1 Å². The summed E-state index contributed by atoms with van der Waals surface area (Å²) in [6.45, 7) is 6.41. The molecule has 0 spiro atoms. The fourth-order valence-electron chi connectivity index (χ4n) is 6.79. The zero-order chi connectivity index (χ0) is 34.2. The lowest BCUT2D eigenvalue weighted by Gasteiger charge is -2.48. The average Bonchev–Trinajstić information content (AvgIpc) is 3.76. The topological polar surface area (TPSA) is 125 Å². The summed E-state index contributed by atoms with van der Waals surface area (Å²) >= 11 is 0. The highest BCUT2D eigenvalue weighted by atomic mass is 16.4. The van der Waals surface area contributed by atoms with Crippen LogP contribution in [0.25, 0.3) is 0 Å². The van der Waals surface area contributed by atoms with E-state index >= 15 is 0 Å². The first-order chi connectivity index (χ1) is 23.2. The highest BCUT2D eigenvalue weighted by Crippen LogP contribution is 2.49. The van der Waals surface area contributed by atoms with Crippen molar-refractivity contribution in [1.29, 1.82) is 0 Å². The molecule has 0 aliphatic heterocycles. The van der Waals surface area contributed by atoms with Gasteiger partial charge in [0.1, 0.15) is 0 Å². The van der Waals surface area contributed by atoms with E-state index in [-0.39, 0.29) is 13.1 Å². The van der Waals surface area contributed by atoms with E-state index in [1.54, 1.807) is 9.80 Å². The van der Waals surface area contributed by atoms with Crippen molar-refractivity contribution < 1.29 is 29.4 Å². The second-order valence-electron chi connectivity index (χ2n) is 12.6. The van der Waals surface area contributed by atoms with Crippen LogP contribution < -0.4 is 0 Å². The van der Waals surface area contributed by atoms with E-state index in [0.717, 1.165) is 22.3 Å². The van der Waals surface area contributed by atoms with E-state index in [0.29, 0.717) is 39.0 Å². The van der Waals surface area contributed by atoms with E-state index in [4.69, 9.17) is 0 Å². The first kappa shape index (κ1) is 34.2. The SMILES string of the molecule is CCCN(Cc1ccc(Cn2cccc2)cc1)C(=O)[C@H]1[C@@H](C(=O)O)[C@H](C(=O)O)[C@@H]1C(=O)N(CCC)Cc1ccc(Cn2cccc2)cc1. The van der Waals surface area contributed by atoms with Crippen LogP contribution in [0, 0.1) is 23.7 Å². The van der Waals surface area contributed by atoms with E-state index < -0.39 is 47.4 Å². The van der Waals surface area contributed by atoms with Gasteiger partial charge >= 0.3 is 11.9 Å². The highest BCUT2D eigenvalue weighted by molar-refractivity contribution is 5.99. The summed E-state index contributed by atoms with van der Waals surface area (Å²) in [5.41, 5.74) is 3.92. The molecule has 1 aliphatic carbocycles. The molecule has 0 radical (unpaired) electrons. The molecule has 2 N–H and O–H groups in total. The molecule has 4 aromatic rings. The standard InChI is InChI=1S/C38H44N4O6/c1-3-17-41(25-29-13-9-27(10-14-29)23-39-19-5-6-20-39)35(43)31-32(34(38(47)48)33(31)37(45)46)36(44)42(18-4-2)26-30-15-11-28(12-16-30)24-40-21-7-8-22-40/h5-16,19-22,31-34H,3-4,17-18,23-26H2,1-2H3,(H,45,46)(H,47,48)/t31-,32-,33-,34-/m1/s1. The van der Waals surface area contributed by atoms with Gasteiger partial charge in [-0.3, -0.25) is 19.2 Å². The number of hydrogen-bond acceptors (Lipinski definition) is 4. The van der Waals surface area contributed by atoms with Crippen LogP contribution >= 0.6 is 0 Å². The fraction of sp³-hybridized carbons (Fsp3) is 0.368. The Morgan fingerprint density at radius 3 is 1.15 bits per heavy atom. The lowest BCUT2D eigenvalue weighted by molar-refractivity contribution is -0.187. The number of amides is 2. The van der Waals surface area contributed by atoms with Gasteiger partial charge in [-0.15, -0.1) is 0 Å². The molecule has 2 amide bonds. The van der Waals surface area contributed by atoms with E-state index in [1.165, 1.54) is 0 Å². The molecule has 0 unspecified atom stereocenters. The number of rotatable bonds is 16. The maximum absolute atomic E-state index is 14.2. The Bertz CT molecular complexity index is 1540. The highest BCUT2D eigenvalue weighted by Gasteiger charge is 2.64. The summed E-state index contributed by atoms with van der Waals surface area (Å²) in [6.07, 6.45) is 9.17. The van der Waals surface area contributed by atoms with E-state index in [2.05, 4.69) is 9.13 Å². The number of nitrogens with zero attached hydrogens (tertiary/aromatic N) is 4. The predicted octanol–water partition coefficient (Wildman–Crippen LogP) is 5.21. The molecule has 10 nitrogen and oxygen atoms in total. The van der Waals surface area contributed by atoms with Crippen molar-refractivity contribution in [2.24, 2.45) is 23.7 Å². The van der Waals surface area contributed by atoms with Crippen molar-refractivity contribution in [2.75, 3.05) is 13.1 Å². The van der Waals surface area contributed by atoms with Gasteiger partial charge in [0.15, 0.2) is 0 Å². The minimum absolute atomic E-state index is 0.228. The summed E-state index contributed by atoms with van der Waals surface area (Å²) in [5, 5.41) is 20.3. The van der Waals surface area contributed by atoms with Crippen molar-refractivity contribution in [3.63, 3.8) is 0 Å². The van der Waals surface area contributed by atoms with Crippen molar-refractivity contribution in [3.05, 3.63) is 120 Å². The molecular weight excluding hydrogens is 608 g/mol. The van der Waals surface area contributed by atoms with Crippen LogP contribution in [0.5, 0.6) is 0 Å². The van der Waals surface area contributed by atoms with Gasteiger partial charge in [0.25, 0.3) is 0 Å². The number of hydrogen-bond donors (Lipinski definition) is 2. The molecule has 0 saturated heterocycles. The summed E-state index contributed by atoms with van der Waals surface area (Å²) in [7, 11) is 0. The van der Waals surface area contributed by atoms with Gasteiger partial charge in [-0.25, -0.2) is 0 Å². The number of carbonyl (C=O) groups excluding carboxylic acids is 2. The quantitative estimate of drug-likeness (QED) is 0.171. The Balaban J connectivity index is 1.35. The molecule has 2 aromatic carbocycles. The van der Waals surface area contributed by atoms with Crippen LogP contribution in [0.3, 0.4) is 0 Å². The molecule has 1 fully saturated rings. The third-order valence-electron chi connectivity index (χ3n) is 9.15. The van der Waals surface area contributed by atoms with Crippen LogP contribution in [-0.4, -0.2) is 66.0 Å². The monoisotopic (exact) mass is 652 g/mol. The number of aromatic nitrogens is 2. The van der Waals surface area contributed by atoms with Crippen LogP contribution in [0.1, 0.15) is 48.9 Å². The Labute approximate surface area is 281 Å². The normalized spacial score (nSPS) is 18.5. The second-order valence-corrected chi connectivity index (χ2v) is 12.6. The average molecular weight is 653 g/mol. The van der Waals surface area contributed by atoms with Crippen LogP contribution in [-0.2, 0) is 45.4 Å². The molecule has 1 saturated carbocycles. The fourth-order valence-corrected chi connectivity index (χ4v) is 6.79. The Morgan fingerprint density at radius 2 is 0.854 bits per heavy atom. The summed E-state index contributed by atoms with van der Waals surface area (Å²) < 4.78 is 4.12. The number of carboxylic acids is 2. The molecule has 48 heavy (non-hydrogen) atoms. The summed E-state index contributed by atoms with van der Waals surface area (Å²) in [6, 6.07) is 23.6. The Hall–Kier alpha value is -5.12. The van der Waals surface area contributed by atoms with Crippen molar-refractivity contribution in [2.45, 2.75) is 52.9 Å². The molecule has 10 heteroatoms. The minimum atomic E-state index is -1.50. The van der Waals surface area contributed by atoms with Gasteiger partial charge in [0.2, 0.25) is 11.8 Å². The van der Waals surface area contributed by atoms with Gasteiger partial charge in [0.05, 0.1) is 23.7 Å². The third kappa shape index (κ3) is 7.87. The first-order valence-corrected chi connectivity index (χ1v) is 16.6. The largest absolute Gasteiger partial charge is 0.481 e. The molecular formula is C38H44N4O6. The molecule has 5 rings (SSSR count). The molecule has 4 atom stereocenters. The van der Waals surface area contributed by atoms with Gasteiger partial charge in [-0.2, -0.15) is 0 Å².